The third-order valence-corrected chi connectivity index (χ3v) is 4.09. The minimum atomic E-state index is -0.153. The second-order valence-electron chi connectivity index (χ2n) is 5.14. The van der Waals surface area contributed by atoms with Gasteiger partial charge in [-0.3, -0.25) is 0 Å². The SMILES string of the molecule is COc1ccccc1-c1cnc(C2(CO)CCC2)[nH]1. The minimum absolute atomic E-state index is 0.153. The van der Waals surface area contributed by atoms with E-state index in [4.69, 9.17) is 4.74 Å². The fourth-order valence-electron chi connectivity index (χ4n) is 2.67. The Kier molecular flexibility index (Phi) is 3.03. The fourth-order valence-corrected chi connectivity index (χ4v) is 2.67. The summed E-state index contributed by atoms with van der Waals surface area (Å²) in [7, 11) is 1.66. The van der Waals surface area contributed by atoms with Crippen molar-refractivity contribution in [3.63, 3.8) is 0 Å². The van der Waals surface area contributed by atoms with Gasteiger partial charge in [0, 0.05) is 5.56 Å². The second kappa shape index (κ2) is 4.70. The predicted molar refractivity (Wildman–Crippen MR) is 73.2 cm³/mol. The number of aromatic amines is 1. The largest absolute Gasteiger partial charge is 0.496 e. The van der Waals surface area contributed by atoms with Crippen molar-refractivity contribution in [2.75, 3.05) is 13.7 Å². The molecule has 1 fully saturated rings. The molecule has 0 atom stereocenters. The number of para-hydroxylation sites is 1. The summed E-state index contributed by atoms with van der Waals surface area (Å²) in [5.41, 5.74) is 1.78. The summed E-state index contributed by atoms with van der Waals surface area (Å²) < 4.78 is 5.36. The first-order valence-corrected chi connectivity index (χ1v) is 6.59. The van der Waals surface area contributed by atoms with Crippen LogP contribution in [0, 0.1) is 0 Å². The average Bonchev–Trinajstić information content (AvgIpc) is 2.88. The zero-order valence-corrected chi connectivity index (χ0v) is 11.0. The molecular weight excluding hydrogens is 240 g/mol. The summed E-state index contributed by atoms with van der Waals surface area (Å²) in [6, 6.07) is 7.85. The van der Waals surface area contributed by atoms with E-state index in [1.165, 1.54) is 0 Å². The molecule has 4 nitrogen and oxygen atoms in total. The van der Waals surface area contributed by atoms with Crippen LogP contribution in [-0.2, 0) is 5.41 Å². The molecule has 4 heteroatoms. The Hall–Kier alpha value is -1.81. The van der Waals surface area contributed by atoms with Crippen LogP contribution < -0.4 is 4.74 Å². The molecule has 100 valence electrons. The molecule has 2 N–H and O–H groups in total. The van der Waals surface area contributed by atoms with Crippen molar-refractivity contribution >= 4 is 0 Å². The van der Waals surface area contributed by atoms with E-state index in [1.54, 1.807) is 7.11 Å². The van der Waals surface area contributed by atoms with Crippen LogP contribution in [0.5, 0.6) is 5.75 Å². The van der Waals surface area contributed by atoms with E-state index >= 15 is 0 Å². The fraction of sp³-hybridized carbons (Fsp3) is 0.400. The van der Waals surface area contributed by atoms with Gasteiger partial charge in [-0.25, -0.2) is 4.98 Å². The van der Waals surface area contributed by atoms with E-state index in [-0.39, 0.29) is 12.0 Å². The van der Waals surface area contributed by atoms with E-state index in [1.807, 2.05) is 30.5 Å². The Morgan fingerprint density at radius 2 is 2.16 bits per heavy atom. The maximum Gasteiger partial charge on any atom is 0.128 e. The highest BCUT2D eigenvalue weighted by Gasteiger charge is 2.40. The third kappa shape index (κ3) is 1.92. The smallest absolute Gasteiger partial charge is 0.128 e. The predicted octanol–water partition coefficient (Wildman–Crippen LogP) is 2.50. The molecule has 1 aromatic carbocycles. The molecule has 1 saturated carbocycles. The van der Waals surface area contributed by atoms with E-state index in [9.17, 15) is 5.11 Å². The highest BCUT2D eigenvalue weighted by atomic mass is 16.5. The quantitative estimate of drug-likeness (QED) is 0.885. The van der Waals surface area contributed by atoms with Crippen LogP contribution >= 0.6 is 0 Å². The number of methoxy groups -OCH3 is 1. The van der Waals surface area contributed by atoms with Gasteiger partial charge in [-0.15, -0.1) is 0 Å². The van der Waals surface area contributed by atoms with Gasteiger partial charge in [-0.1, -0.05) is 18.6 Å². The van der Waals surface area contributed by atoms with Gasteiger partial charge >= 0.3 is 0 Å². The summed E-state index contributed by atoms with van der Waals surface area (Å²) >= 11 is 0. The lowest BCUT2D eigenvalue weighted by Crippen LogP contribution is -2.39. The second-order valence-corrected chi connectivity index (χ2v) is 5.14. The number of rotatable bonds is 4. The van der Waals surface area contributed by atoms with Gasteiger partial charge in [0.2, 0.25) is 0 Å². The molecule has 0 unspecified atom stereocenters. The number of imidazole rings is 1. The van der Waals surface area contributed by atoms with Gasteiger partial charge in [0.15, 0.2) is 0 Å². The van der Waals surface area contributed by atoms with E-state index in [0.717, 1.165) is 42.1 Å². The Labute approximate surface area is 112 Å². The minimum Gasteiger partial charge on any atom is -0.496 e. The molecule has 0 radical (unpaired) electrons. The topological polar surface area (TPSA) is 58.1 Å². The van der Waals surface area contributed by atoms with Crippen molar-refractivity contribution in [3.05, 3.63) is 36.3 Å². The van der Waals surface area contributed by atoms with E-state index in [0.29, 0.717) is 0 Å². The Bertz CT molecular complexity index is 568. The van der Waals surface area contributed by atoms with Crippen LogP contribution in [0.2, 0.25) is 0 Å². The van der Waals surface area contributed by atoms with Crippen molar-refractivity contribution in [2.45, 2.75) is 24.7 Å². The van der Waals surface area contributed by atoms with Gasteiger partial charge in [0.1, 0.15) is 11.6 Å². The van der Waals surface area contributed by atoms with E-state index in [2.05, 4.69) is 9.97 Å². The molecule has 0 saturated heterocycles. The maximum atomic E-state index is 9.59. The van der Waals surface area contributed by atoms with Gasteiger partial charge in [-0.2, -0.15) is 0 Å². The summed E-state index contributed by atoms with van der Waals surface area (Å²) in [5, 5.41) is 9.59. The van der Waals surface area contributed by atoms with Crippen molar-refractivity contribution in [2.24, 2.45) is 0 Å². The number of aromatic nitrogens is 2. The molecule has 1 aliphatic rings. The Balaban J connectivity index is 1.97. The number of aliphatic hydroxyl groups is 1. The summed E-state index contributed by atoms with van der Waals surface area (Å²) in [5.74, 6) is 1.71. The number of benzene rings is 1. The molecule has 19 heavy (non-hydrogen) atoms. The van der Waals surface area contributed by atoms with Crippen molar-refractivity contribution < 1.29 is 9.84 Å². The monoisotopic (exact) mass is 258 g/mol. The highest BCUT2D eigenvalue weighted by molar-refractivity contribution is 5.66. The van der Waals surface area contributed by atoms with Crippen molar-refractivity contribution in [1.82, 2.24) is 9.97 Å². The zero-order valence-electron chi connectivity index (χ0n) is 11.0. The number of hydrogen-bond donors (Lipinski definition) is 2. The number of H-pyrrole nitrogens is 1. The Morgan fingerprint density at radius 3 is 2.79 bits per heavy atom. The van der Waals surface area contributed by atoms with Gasteiger partial charge < -0.3 is 14.8 Å². The van der Waals surface area contributed by atoms with Crippen molar-refractivity contribution in [1.29, 1.82) is 0 Å². The zero-order chi connectivity index (χ0) is 13.3. The highest BCUT2D eigenvalue weighted by Crippen LogP contribution is 2.42. The van der Waals surface area contributed by atoms with Gasteiger partial charge in [0.25, 0.3) is 0 Å². The number of nitrogens with zero attached hydrogens (tertiary/aromatic N) is 1. The molecule has 0 spiro atoms. The molecule has 0 bridgehead atoms. The molecule has 1 aliphatic carbocycles. The van der Waals surface area contributed by atoms with Crippen LogP contribution in [0.3, 0.4) is 0 Å². The van der Waals surface area contributed by atoms with Crippen LogP contribution in [0.1, 0.15) is 25.1 Å². The number of aliphatic hydroxyl groups excluding tert-OH is 1. The number of ether oxygens (including phenoxy) is 1. The first kappa shape index (κ1) is 12.2. The normalized spacial score (nSPS) is 16.9. The third-order valence-electron chi connectivity index (χ3n) is 4.09. The molecule has 0 amide bonds. The first-order valence-electron chi connectivity index (χ1n) is 6.59. The summed E-state index contributed by atoms with van der Waals surface area (Å²) in [4.78, 5) is 7.81. The van der Waals surface area contributed by atoms with E-state index < -0.39 is 0 Å². The van der Waals surface area contributed by atoms with Gasteiger partial charge in [0.05, 0.1) is 31.0 Å². The van der Waals surface area contributed by atoms with Crippen LogP contribution in [0.25, 0.3) is 11.3 Å². The molecule has 3 rings (SSSR count). The molecule has 1 aromatic heterocycles. The lowest BCUT2D eigenvalue weighted by molar-refractivity contribution is 0.113. The lowest BCUT2D eigenvalue weighted by atomic mass is 9.69. The summed E-state index contributed by atoms with van der Waals surface area (Å²) in [6.07, 6.45) is 4.99. The Morgan fingerprint density at radius 1 is 1.37 bits per heavy atom. The first-order chi connectivity index (χ1) is 9.29. The molecule has 1 heterocycles. The standard InChI is InChI=1S/C15H18N2O2/c1-19-13-6-3-2-5-11(13)12-9-16-14(17-12)15(10-18)7-4-8-15/h2-3,5-6,9,18H,4,7-8,10H2,1H3,(H,16,17). The molecular formula is C15H18N2O2. The maximum absolute atomic E-state index is 9.59. The number of hydrogen-bond acceptors (Lipinski definition) is 3. The van der Waals surface area contributed by atoms with Crippen LogP contribution in [-0.4, -0.2) is 28.8 Å². The molecule has 0 aliphatic heterocycles. The van der Waals surface area contributed by atoms with Crippen molar-refractivity contribution in [3.8, 4) is 17.0 Å². The van der Waals surface area contributed by atoms with Crippen LogP contribution in [0.15, 0.2) is 30.5 Å². The summed E-state index contributed by atoms with van der Waals surface area (Å²) in [6.45, 7) is 0.159. The lowest BCUT2D eigenvalue weighted by Gasteiger charge is -2.38. The van der Waals surface area contributed by atoms with Gasteiger partial charge in [-0.05, 0) is 25.0 Å². The van der Waals surface area contributed by atoms with Crippen LogP contribution in [0.4, 0.5) is 0 Å². The average molecular weight is 258 g/mol. The number of nitrogens with one attached hydrogen (secondary N) is 1. The molecule has 2 aromatic rings.